The molecule has 1 heterocycles. The Morgan fingerprint density at radius 3 is 2.12 bits per heavy atom. The highest BCUT2D eigenvalue weighted by Crippen LogP contribution is 1.98. The van der Waals surface area contributed by atoms with E-state index in [1.165, 1.54) is 11.8 Å². The molecule has 0 aliphatic carbocycles. The molecular formula is C16H18N2O6. The monoisotopic (exact) mass is 334 g/mol. The summed E-state index contributed by atoms with van der Waals surface area (Å²) >= 11 is 0. The lowest BCUT2D eigenvalue weighted by Gasteiger charge is -2.05. The van der Waals surface area contributed by atoms with Crippen LogP contribution in [-0.4, -0.2) is 41.1 Å². The van der Waals surface area contributed by atoms with Crippen LogP contribution < -0.4 is 10.6 Å². The second kappa shape index (κ2) is 10.6. The van der Waals surface area contributed by atoms with Crippen LogP contribution in [0.1, 0.15) is 16.1 Å². The van der Waals surface area contributed by atoms with Crippen molar-refractivity contribution in [2.75, 3.05) is 13.1 Å². The zero-order chi connectivity index (χ0) is 17.8. The predicted octanol–water partition coefficient (Wildman–Crippen LogP) is 0.955. The fraction of sp³-hybridized carbons (Fsp3) is 0.188. The standard InChI is InChI=1S/C14H16N2O2.C2H2O4/c17-14(13-7-4-10-18-13)16-9-8-15-11-12-5-2-1-3-6-12;3-1(4)2(5)6/h1-7,10,15H,8-9,11H2,(H,16,17);(H,3,4)(H,5,6). The average molecular weight is 334 g/mol. The van der Waals surface area contributed by atoms with Gasteiger partial charge in [0.1, 0.15) is 0 Å². The normalized spacial score (nSPS) is 9.50. The first-order chi connectivity index (χ1) is 11.5. The number of carboxylic acid groups (broad SMARTS) is 2. The van der Waals surface area contributed by atoms with Crippen molar-refractivity contribution in [1.82, 2.24) is 10.6 Å². The first kappa shape index (κ1) is 18.9. The Balaban J connectivity index is 0.000000413. The first-order valence-corrected chi connectivity index (χ1v) is 7.03. The Labute approximate surface area is 138 Å². The SMILES string of the molecule is O=C(NCCNCc1ccccc1)c1ccco1.O=C(O)C(=O)O. The van der Waals surface area contributed by atoms with Gasteiger partial charge in [0, 0.05) is 19.6 Å². The summed E-state index contributed by atoms with van der Waals surface area (Å²) in [6.45, 7) is 2.10. The van der Waals surface area contributed by atoms with Crippen LogP contribution in [0, 0.1) is 0 Å². The van der Waals surface area contributed by atoms with E-state index in [0.717, 1.165) is 13.1 Å². The van der Waals surface area contributed by atoms with Gasteiger partial charge in [-0.3, -0.25) is 4.79 Å². The molecule has 8 heteroatoms. The van der Waals surface area contributed by atoms with Crippen LogP contribution in [-0.2, 0) is 16.1 Å². The van der Waals surface area contributed by atoms with E-state index in [2.05, 4.69) is 22.8 Å². The van der Waals surface area contributed by atoms with Crippen LogP contribution in [0.2, 0.25) is 0 Å². The number of nitrogens with one attached hydrogen (secondary N) is 2. The third-order valence-corrected chi connectivity index (χ3v) is 2.69. The molecule has 1 aromatic carbocycles. The molecule has 1 amide bonds. The van der Waals surface area contributed by atoms with E-state index in [1.54, 1.807) is 12.1 Å². The van der Waals surface area contributed by atoms with Crippen LogP contribution >= 0.6 is 0 Å². The zero-order valence-corrected chi connectivity index (χ0v) is 12.8. The summed E-state index contributed by atoms with van der Waals surface area (Å²) in [5.41, 5.74) is 1.23. The number of benzene rings is 1. The van der Waals surface area contributed by atoms with Gasteiger partial charge in [-0.15, -0.1) is 0 Å². The van der Waals surface area contributed by atoms with Gasteiger partial charge in [-0.25, -0.2) is 9.59 Å². The molecule has 0 spiro atoms. The minimum Gasteiger partial charge on any atom is -0.473 e. The molecule has 0 atom stereocenters. The molecule has 0 radical (unpaired) electrons. The number of rotatable bonds is 6. The molecule has 0 saturated carbocycles. The van der Waals surface area contributed by atoms with Gasteiger partial charge in [-0.05, 0) is 17.7 Å². The Morgan fingerprint density at radius 2 is 1.58 bits per heavy atom. The summed E-state index contributed by atoms with van der Waals surface area (Å²) in [5.74, 6) is -3.48. The summed E-state index contributed by atoms with van der Waals surface area (Å²) in [7, 11) is 0. The number of hydrogen-bond acceptors (Lipinski definition) is 5. The maximum absolute atomic E-state index is 11.5. The number of amides is 1. The fourth-order valence-corrected chi connectivity index (χ4v) is 1.59. The Kier molecular flexibility index (Phi) is 8.33. The summed E-state index contributed by atoms with van der Waals surface area (Å²) in [6, 6.07) is 13.5. The van der Waals surface area contributed by atoms with Crippen LogP contribution in [0.3, 0.4) is 0 Å². The number of carboxylic acids is 2. The van der Waals surface area contributed by atoms with E-state index in [9.17, 15) is 4.79 Å². The Morgan fingerprint density at radius 1 is 0.917 bits per heavy atom. The van der Waals surface area contributed by atoms with Gasteiger partial charge in [0.2, 0.25) is 0 Å². The lowest BCUT2D eigenvalue weighted by Crippen LogP contribution is -2.31. The zero-order valence-electron chi connectivity index (χ0n) is 12.8. The number of carbonyl (C=O) groups is 3. The fourth-order valence-electron chi connectivity index (χ4n) is 1.59. The van der Waals surface area contributed by atoms with Crippen molar-refractivity contribution in [1.29, 1.82) is 0 Å². The van der Waals surface area contributed by atoms with Crippen molar-refractivity contribution < 1.29 is 29.0 Å². The molecule has 2 rings (SSSR count). The van der Waals surface area contributed by atoms with Gasteiger partial charge in [-0.1, -0.05) is 30.3 Å². The topological polar surface area (TPSA) is 129 Å². The van der Waals surface area contributed by atoms with Crippen LogP contribution in [0.25, 0.3) is 0 Å². The number of hydrogen-bond donors (Lipinski definition) is 4. The summed E-state index contributed by atoms with van der Waals surface area (Å²) in [5, 5.41) is 20.8. The maximum atomic E-state index is 11.5. The summed E-state index contributed by atoms with van der Waals surface area (Å²) < 4.78 is 4.99. The van der Waals surface area contributed by atoms with E-state index >= 15 is 0 Å². The highest BCUT2D eigenvalue weighted by molar-refractivity contribution is 6.27. The third kappa shape index (κ3) is 7.76. The molecule has 8 nitrogen and oxygen atoms in total. The molecular weight excluding hydrogens is 316 g/mol. The molecule has 1 aromatic heterocycles. The van der Waals surface area contributed by atoms with Crippen LogP contribution in [0.5, 0.6) is 0 Å². The van der Waals surface area contributed by atoms with Gasteiger partial charge in [0.15, 0.2) is 5.76 Å². The Hall–Kier alpha value is -3.13. The molecule has 0 unspecified atom stereocenters. The molecule has 24 heavy (non-hydrogen) atoms. The molecule has 0 fully saturated rings. The lowest BCUT2D eigenvalue weighted by atomic mass is 10.2. The Bertz CT molecular complexity index is 628. The predicted molar refractivity (Wildman–Crippen MR) is 84.5 cm³/mol. The number of furan rings is 1. The summed E-state index contributed by atoms with van der Waals surface area (Å²) in [4.78, 5) is 29.7. The molecule has 0 saturated heterocycles. The van der Waals surface area contributed by atoms with Crippen molar-refractivity contribution in [3.8, 4) is 0 Å². The van der Waals surface area contributed by atoms with E-state index in [0.29, 0.717) is 12.3 Å². The van der Waals surface area contributed by atoms with Crippen molar-refractivity contribution in [3.05, 3.63) is 60.1 Å². The highest BCUT2D eigenvalue weighted by atomic mass is 16.4. The van der Waals surface area contributed by atoms with Gasteiger partial charge in [0.25, 0.3) is 5.91 Å². The van der Waals surface area contributed by atoms with Crippen molar-refractivity contribution in [3.63, 3.8) is 0 Å². The van der Waals surface area contributed by atoms with Gasteiger partial charge in [0.05, 0.1) is 6.26 Å². The molecule has 0 aliphatic heterocycles. The quantitative estimate of drug-likeness (QED) is 0.457. The number of carbonyl (C=O) groups excluding carboxylic acids is 1. The van der Waals surface area contributed by atoms with Gasteiger partial charge >= 0.3 is 11.9 Å². The second-order valence-electron chi connectivity index (χ2n) is 4.51. The van der Waals surface area contributed by atoms with Crippen molar-refractivity contribution >= 4 is 17.8 Å². The lowest BCUT2D eigenvalue weighted by molar-refractivity contribution is -0.159. The molecule has 4 N–H and O–H groups in total. The van der Waals surface area contributed by atoms with Gasteiger partial charge in [-0.2, -0.15) is 0 Å². The average Bonchev–Trinajstić information content (AvgIpc) is 3.10. The summed E-state index contributed by atoms with van der Waals surface area (Å²) in [6.07, 6.45) is 1.49. The number of aliphatic carboxylic acids is 2. The minimum atomic E-state index is -1.82. The molecule has 0 aliphatic rings. The molecule has 2 aromatic rings. The maximum Gasteiger partial charge on any atom is 0.414 e. The van der Waals surface area contributed by atoms with Crippen molar-refractivity contribution in [2.24, 2.45) is 0 Å². The molecule has 128 valence electrons. The third-order valence-electron chi connectivity index (χ3n) is 2.69. The minimum absolute atomic E-state index is 0.179. The van der Waals surface area contributed by atoms with Gasteiger partial charge < -0.3 is 25.3 Å². The van der Waals surface area contributed by atoms with Crippen LogP contribution in [0.15, 0.2) is 53.1 Å². The smallest absolute Gasteiger partial charge is 0.414 e. The largest absolute Gasteiger partial charge is 0.473 e. The van der Waals surface area contributed by atoms with Crippen LogP contribution in [0.4, 0.5) is 0 Å². The second-order valence-corrected chi connectivity index (χ2v) is 4.51. The first-order valence-electron chi connectivity index (χ1n) is 7.03. The van der Waals surface area contributed by atoms with E-state index in [-0.39, 0.29) is 5.91 Å². The molecule has 0 bridgehead atoms. The van der Waals surface area contributed by atoms with E-state index < -0.39 is 11.9 Å². The van der Waals surface area contributed by atoms with E-state index in [4.69, 9.17) is 24.2 Å². The highest BCUT2D eigenvalue weighted by Gasteiger charge is 2.06. The van der Waals surface area contributed by atoms with E-state index in [1.807, 2.05) is 18.2 Å². The van der Waals surface area contributed by atoms with Crippen molar-refractivity contribution in [2.45, 2.75) is 6.54 Å².